The van der Waals surface area contributed by atoms with Gasteiger partial charge in [-0.15, -0.1) is 0 Å². The Morgan fingerprint density at radius 1 is 1.12 bits per heavy atom. The molecule has 178 valence electrons. The van der Waals surface area contributed by atoms with E-state index in [1.165, 1.54) is 5.56 Å². The first-order valence-electron chi connectivity index (χ1n) is 11.8. The topological polar surface area (TPSA) is 87.8 Å². The second-order valence-electron chi connectivity index (χ2n) is 8.83. The van der Waals surface area contributed by atoms with Crippen molar-refractivity contribution in [1.82, 2.24) is 24.9 Å². The average Bonchev–Trinajstić information content (AvgIpc) is 3.54. The van der Waals surface area contributed by atoms with Crippen LogP contribution in [0.25, 0.3) is 11.4 Å². The number of anilines is 1. The highest BCUT2D eigenvalue weighted by atomic mass is 16.5. The van der Waals surface area contributed by atoms with E-state index in [-0.39, 0.29) is 11.9 Å². The van der Waals surface area contributed by atoms with Crippen LogP contribution in [-0.2, 0) is 11.3 Å². The first-order valence-corrected chi connectivity index (χ1v) is 11.8. The van der Waals surface area contributed by atoms with Crippen molar-refractivity contribution in [3.63, 3.8) is 0 Å². The van der Waals surface area contributed by atoms with E-state index < -0.39 is 0 Å². The molecule has 34 heavy (non-hydrogen) atoms. The van der Waals surface area contributed by atoms with Crippen LogP contribution in [0.4, 0.5) is 5.82 Å². The van der Waals surface area contributed by atoms with Crippen LogP contribution < -0.4 is 9.64 Å². The van der Waals surface area contributed by atoms with Gasteiger partial charge in [0.25, 0.3) is 0 Å². The Kier molecular flexibility index (Phi) is 6.44. The molecule has 0 radical (unpaired) electrons. The number of rotatable bonds is 6. The second-order valence-corrected chi connectivity index (χ2v) is 8.83. The summed E-state index contributed by atoms with van der Waals surface area (Å²) >= 11 is 0. The third-order valence-electron chi connectivity index (χ3n) is 6.69. The number of carbonyl (C=O) groups is 1. The molecule has 9 nitrogen and oxygen atoms in total. The van der Waals surface area contributed by atoms with Crippen LogP contribution in [0.1, 0.15) is 37.3 Å². The maximum absolute atomic E-state index is 11.6. The van der Waals surface area contributed by atoms with Gasteiger partial charge in [-0.05, 0) is 49.2 Å². The SMILES string of the molecule is COc1ccc(CN2CCC[C@H]2c2nc(-c3ccnc(N4CCN(C(C)=O)CC4)c3)no2)cc1. The maximum Gasteiger partial charge on any atom is 0.244 e. The van der Waals surface area contributed by atoms with Gasteiger partial charge in [0, 0.05) is 51.4 Å². The van der Waals surface area contributed by atoms with E-state index in [4.69, 9.17) is 14.2 Å². The number of methoxy groups -OCH3 is 1. The van der Waals surface area contributed by atoms with Gasteiger partial charge in [0.1, 0.15) is 11.6 Å². The Morgan fingerprint density at radius 2 is 1.91 bits per heavy atom. The molecule has 1 atom stereocenters. The molecule has 1 amide bonds. The van der Waals surface area contributed by atoms with Gasteiger partial charge in [-0.1, -0.05) is 17.3 Å². The summed E-state index contributed by atoms with van der Waals surface area (Å²) in [5, 5.41) is 4.29. The Balaban J connectivity index is 1.28. The molecule has 0 aliphatic carbocycles. The highest BCUT2D eigenvalue weighted by Crippen LogP contribution is 2.33. The van der Waals surface area contributed by atoms with Crippen molar-refractivity contribution in [1.29, 1.82) is 0 Å². The zero-order chi connectivity index (χ0) is 23.5. The lowest BCUT2D eigenvalue weighted by Crippen LogP contribution is -2.48. The van der Waals surface area contributed by atoms with Crippen LogP contribution in [0.5, 0.6) is 5.75 Å². The van der Waals surface area contributed by atoms with E-state index in [0.29, 0.717) is 24.8 Å². The van der Waals surface area contributed by atoms with Gasteiger partial charge in [-0.2, -0.15) is 4.98 Å². The fourth-order valence-electron chi connectivity index (χ4n) is 4.73. The minimum atomic E-state index is 0.115. The largest absolute Gasteiger partial charge is 0.497 e. The van der Waals surface area contributed by atoms with E-state index in [1.54, 1.807) is 20.2 Å². The average molecular weight is 463 g/mol. The summed E-state index contributed by atoms with van der Waals surface area (Å²) in [6.07, 6.45) is 3.88. The molecular weight excluding hydrogens is 432 g/mol. The van der Waals surface area contributed by atoms with Gasteiger partial charge in [0.05, 0.1) is 13.2 Å². The highest BCUT2D eigenvalue weighted by Gasteiger charge is 2.31. The number of piperazine rings is 1. The van der Waals surface area contributed by atoms with E-state index >= 15 is 0 Å². The smallest absolute Gasteiger partial charge is 0.244 e. The predicted octanol–water partition coefficient (Wildman–Crippen LogP) is 3.15. The summed E-state index contributed by atoms with van der Waals surface area (Å²) in [6, 6.07) is 12.2. The molecule has 0 N–H and O–H groups in total. The van der Waals surface area contributed by atoms with Gasteiger partial charge in [0.2, 0.25) is 17.6 Å². The van der Waals surface area contributed by atoms with Crippen LogP contribution in [0, 0.1) is 0 Å². The van der Waals surface area contributed by atoms with E-state index in [9.17, 15) is 4.79 Å². The van der Waals surface area contributed by atoms with Gasteiger partial charge < -0.3 is 19.1 Å². The summed E-state index contributed by atoms with van der Waals surface area (Å²) in [5.41, 5.74) is 2.12. The molecule has 9 heteroatoms. The zero-order valence-electron chi connectivity index (χ0n) is 19.7. The molecule has 1 aromatic carbocycles. The number of hydrogen-bond donors (Lipinski definition) is 0. The number of carbonyl (C=O) groups excluding carboxylic acids is 1. The molecule has 2 aliphatic rings. The number of ether oxygens (including phenoxy) is 1. The van der Waals surface area contributed by atoms with Crippen LogP contribution in [0.15, 0.2) is 47.1 Å². The third-order valence-corrected chi connectivity index (χ3v) is 6.69. The molecule has 2 saturated heterocycles. The van der Waals surface area contributed by atoms with Crippen molar-refractivity contribution in [2.24, 2.45) is 0 Å². The Bertz CT molecular complexity index is 1120. The van der Waals surface area contributed by atoms with Crippen molar-refractivity contribution < 1.29 is 14.1 Å². The van der Waals surface area contributed by atoms with Gasteiger partial charge in [0.15, 0.2) is 0 Å². The minimum Gasteiger partial charge on any atom is -0.497 e. The molecule has 2 aromatic heterocycles. The van der Waals surface area contributed by atoms with Crippen LogP contribution in [0.3, 0.4) is 0 Å². The summed E-state index contributed by atoms with van der Waals surface area (Å²) in [6.45, 7) is 6.38. The standard InChI is InChI=1S/C25H30N6O3/c1-18(32)29-12-14-30(15-13-29)23-16-20(9-10-26-23)24-27-25(34-28-24)22-4-3-11-31(22)17-19-5-7-21(33-2)8-6-19/h5-10,16,22H,3-4,11-15,17H2,1-2H3/t22-/m0/s1. The van der Waals surface area contributed by atoms with Crippen molar-refractivity contribution >= 4 is 11.7 Å². The summed E-state index contributed by atoms with van der Waals surface area (Å²) in [5.74, 6) is 3.09. The number of hydrogen-bond acceptors (Lipinski definition) is 8. The third kappa shape index (κ3) is 4.75. The fourth-order valence-corrected chi connectivity index (χ4v) is 4.73. The minimum absolute atomic E-state index is 0.115. The predicted molar refractivity (Wildman–Crippen MR) is 127 cm³/mol. The molecule has 0 spiro atoms. The molecule has 0 saturated carbocycles. The number of aromatic nitrogens is 3. The molecule has 0 bridgehead atoms. The van der Waals surface area contributed by atoms with Gasteiger partial charge >= 0.3 is 0 Å². The Morgan fingerprint density at radius 3 is 2.65 bits per heavy atom. The molecule has 5 rings (SSSR count). The highest BCUT2D eigenvalue weighted by molar-refractivity contribution is 5.73. The van der Waals surface area contributed by atoms with Crippen LogP contribution >= 0.6 is 0 Å². The summed E-state index contributed by atoms with van der Waals surface area (Å²) in [4.78, 5) is 27.4. The van der Waals surface area contributed by atoms with Crippen molar-refractivity contribution in [3.8, 4) is 17.1 Å². The Hall–Kier alpha value is -3.46. The van der Waals surface area contributed by atoms with Crippen molar-refractivity contribution in [2.75, 3.05) is 44.7 Å². The monoisotopic (exact) mass is 462 g/mol. The number of nitrogens with zero attached hydrogens (tertiary/aromatic N) is 6. The molecule has 3 aromatic rings. The van der Waals surface area contributed by atoms with Crippen LogP contribution in [0.2, 0.25) is 0 Å². The van der Waals surface area contributed by atoms with E-state index in [0.717, 1.165) is 56.2 Å². The number of amides is 1. The number of benzene rings is 1. The van der Waals surface area contributed by atoms with Crippen molar-refractivity contribution in [3.05, 3.63) is 54.0 Å². The number of pyridine rings is 1. The lowest BCUT2D eigenvalue weighted by molar-refractivity contribution is -0.129. The quantitative estimate of drug-likeness (QED) is 0.552. The number of likely N-dealkylation sites (tertiary alicyclic amines) is 1. The van der Waals surface area contributed by atoms with E-state index in [2.05, 4.69) is 32.1 Å². The second kappa shape index (κ2) is 9.80. The van der Waals surface area contributed by atoms with Gasteiger partial charge in [-0.3, -0.25) is 9.69 Å². The maximum atomic E-state index is 11.6. The lowest BCUT2D eigenvalue weighted by Gasteiger charge is -2.34. The van der Waals surface area contributed by atoms with E-state index in [1.807, 2.05) is 29.2 Å². The molecular formula is C25H30N6O3. The fraction of sp³-hybridized carbons (Fsp3) is 0.440. The Labute approximate surface area is 199 Å². The molecule has 2 aliphatic heterocycles. The summed E-state index contributed by atoms with van der Waals surface area (Å²) < 4.78 is 11.0. The zero-order valence-corrected chi connectivity index (χ0v) is 19.7. The normalized spacial score (nSPS) is 18.9. The molecule has 2 fully saturated rings. The van der Waals surface area contributed by atoms with Crippen LogP contribution in [-0.4, -0.2) is 70.7 Å². The lowest BCUT2D eigenvalue weighted by atomic mass is 10.1. The molecule has 4 heterocycles. The molecule has 0 unspecified atom stereocenters. The van der Waals surface area contributed by atoms with Gasteiger partial charge in [-0.25, -0.2) is 4.98 Å². The summed E-state index contributed by atoms with van der Waals surface area (Å²) in [7, 11) is 1.68. The first-order chi connectivity index (χ1) is 16.6. The first kappa shape index (κ1) is 22.3. The van der Waals surface area contributed by atoms with Crippen molar-refractivity contribution in [2.45, 2.75) is 32.4 Å².